The maximum Gasteiger partial charge on any atom is 0.469 e. The molecule has 0 unspecified atom stereocenters. The van der Waals surface area contributed by atoms with Crippen LogP contribution >= 0.6 is 7.82 Å². The van der Waals surface area contributed by atoms with Crippen molar-refractivity contribution in [1.82, 2.24) is 31.4 Å². The summed E-state index contributed by atoms with van der Waals surface area (Å²) in [6, 6.07) is 18.3. The zero-order valence-electron chi connectivity index (χ0n) is 32.4. The summed E-state index contributed by atoms with van der Waals surface area (Å²) in [6.45, 7) is 10.0. The second-order valence-electron chi connectivity index (χ2n) is 15.1. The van der Waals surface area contributed by atoms with Crippen LogP contribution in [0.1, 0.15) is 52.7 Å². The molecule has 0 spiro atoms. The highest BCUT2D eigenvalue weighted by Gasteiger charge is 2.39. The molecule has 0 aliphatic rings. The van der Waals surface area contributed by atoms with Crippen LogP contribution < -0.4 is 21.4 Å². The minimum Gasteiger partial charge on any atom is -0.453 e. The average Bonchev–Trinajstić information content (AvgIpc) is 3.11. The second kappa shape index (κ2) is 19.6. The van der Waals surface area contributed by atoms with E-state index in [0.29, 0.717) is 11.1 Å². The monoisotopic (exact) mass is 784 g/mol. The zero-order chi connectivity index (χ0) is 41.0. The zero-order valence-corrected chi connectivity index (χ0v) is 33.3. The molecule has 1 aromatic heterocycles. The van der Waals surface area contributed by atoms with Gasteiger partial charge in [0.25, 0.3) is 5.91 Å². The van der Waals surface area contributed by atoms with Crippen molar-refractivity contribution >= 4 is 31.8 Å². The summed E-state index contributed by atoms with van der Waals surface area (Å²) in [5.74, 6) is -1.33. The lowest BCUT2D eigenvalue weighted by molar-refractivity contribution is -0.132. The van der Waals surface area contributed by atoms with E-state index in [4.69, 9.17) is 14.0 Å². The molecule has 4 amide bonds. The third-order valence-electron chi connectivity index (χ3n) is 8.46. The van der Waals surface area contributed by atoms with E-state index in [2.05, 4.69) is 26.4 Å². The Hall–Kier alpha value is -4.86. The van der Waals surface area contributed by atoms with Gasteiger partial charge >= 0.3 is 20.0 Å². The van der Waals surface area contributed by atoms with Gasteiger partial charge in [0.15, 0.2) is 0 Å². The van der Waals surface area contributed by atoms with Gasteiger partial charge in [-0.3, -0.25) is 24.5 Å². The van der Waals surface area contributed by atoms with Crippen LogP contribution in [-0.2, 0) is 41.1 Å². The number of phosphoric ester groups is 1. The molecule has 0 bridgehead atoms. The number of hydrogen-bond acceptors (Lipinski definition) is 10. The van der Waals surface area contributed by atoms with Crippen molar-refractivity contribution in [3.8, 4) is 11.3 Å². The molecule has 0 radical (unpaired) electrons. The lowest BCUT2D eigenvalue weighted by atomic mass is 9.85. The van der Waals surface area contributed by atoms with E-state index in [1.165, 1.54) is 12.1 Å². The molecule has 16 nitrogen and oxygen atoms in total. The maximum atomic E-state index is 14.0. The molecule has 55 heavy (non-hydrogen) atoms. The molecule has 2 aromatic carbocycles. The largest absolute Gasteiger partial charge is 0.469 e. The van der Waals surface area contributed by atoms with E-state index >= 15 is 0 Å². The van der Waals surface area contributed by atoms with Gasteiger partial charge in [0.2, 0.25) is 5.91 Å². The highest BCUT2D eigenvalue weighted by Crippen LogP contribution is 2.39. The van der Waals surface area contributed by atoms with Crippen LogP contribution in [0.3, 0.4) is 0 Å². The number of pyridine rings is 1. The molecule has 0 aliphatic carbocycles. The van der Waals surface area contributed by atoms with Gasteiger partial charge in [-0.25, -0.2) is 19.2 Å². The summed E-state index contributed by atoms with van der Waals surface area (Å²) < 4.78 is 27.5. The molecule has 300 valence electrons. The summed E-state index contributed by atoms with van der Waals surface area (Å²) in [5, 5.41) is 9.35. The fraction of sp³-hybridized carbons (Fsp3) is 0.447. The van der Waals surface area contributed by atoms with Crippen LogP contribution in [0.5, 0.6) is 0 Å². The predicted molar refractivity (Wildman–Crippen MR) is 205 cm³/mol. The van der Waals surface area contributed by atoms with E-state index in [0.717, 1.165) is 18.4 Å². The minimum absolute atomic E-state index is 0.00907. The van der Waals surface area contributed by atoms with Crippen molar-refractivity contribution in [1.29, 1.82) is 0 Å². The Balaban J connectivity index is 2.10. The number of nitrogens with one attached hydrogen (secondary N) is 4. The molecule has 4 atom stereocenters. The first-order chi connectivity index (χ1) is 25.7. The number of benzene rings is 2. The van der Waals surface area contributed by atoms with E-state index in [9.17, 15) is 33.5 Å². The first-order valence-electron chi connectivity index (χ1n) is 17.5. The van der Waals surface area contributed by atoms with Gasteiger partial charge in [-0.05, 0) is 40.5 Å². The SMILES string of the molecule is COC(=O)N[C@H](C(=O)N[C@@H](Cc1ccccc1)[C@H](CN(Cc1ccc(-c2ccccn2)cc1)NC(=O)[C@@H](NC(=O)OC)C(C)(C)C)OP(=O)(O)O)C(C)(C)C. The standard InChI is InChI=1S/C38H53N6O10P/c1-37(2,3)31(41-35(47)52-7)33(45)40-29(22-25-14-10-9-11-15-25)30(54-55(49,50)51)24-44(43-34(46)32(38(4,5)6)42-36(48)53-8)23-26-17-19-27(20-18-26)28-16-12-13-21-39-28/h9-21,29-32H,22-24H2,1-8H3,(H,40,45)(H,41,47)(H,42,48)(H,43,46)(H2,49,50,51)/t29-,30-,31+,32+/m0/s1. The normalized spacial score (nSPS) is 14.2. The van der Waals surface area contributed by atoms with Gasteiger partial charge in [0.05, 0.1) is 26.0 Å². The minimum atomic E-state index is -5.25. The highest BCUT2D eigenvalue weighted by molar-refractivity contribution is 7.46. The van der Waals surface area contributed by atoms with E-state index in [1.807, 2.05) is 36.4 Å². The van der Waals surface area contributed by atoms with Crippen LogP contribution in [0.4, 0.5) is 9.59 Å². The van der Waals surface area contributed by atoms with Gasteiger partial charge in [-0.15, -0.1) is 0 Å². The third-order valence-corrected chi connectivity index (χ3v) is 9.00. The number of hydrazine groups is 1. The van der Waals surface area contributed by atoms with Crippen LogP contribution in [0.2, 0.25) is 0 Å². The molecular formula is C38H53N6O10P. The number of methoxy groups -OCH3 is 2. The van der Waals surface area contributed by atoms with Crippen LogP contribution in [-0.4, -0.2) is 88.8 Å². The lowest BCUT2D eigenvalue weighted by Gasteiger charge is -2.37. The number of carbonyl (C=O) groups is 4. The predicted octanol–water partition coefficient (Wildman–Crippen LogP) is 4.33. The molecule has 0 fully saturated rings. The smallest absolute Gasteiger partial charge is 0.453 e. The van der Waals surface area contributed by atoms with E-state index < -0.39 is 66.9 Å². The van der Waals surface area contributed by atoms with Crippen molar-refractivity contribution in [3.05, 3.63) is 90.1 Å². The molecule has 0 aliphatic heterocycles. The Morgan fingerprint density at radius 3 is 1.78 bits per heavy atom. The van der Waals surface area contributed by atoms with Crippen LogP contribution in [0, 0.1) is 10.8 Å². The number of alkyl carbamates (subject to hydrolysis) is 2. The quantitative estimate of drug-likeness (QED) is 0.0884. The number of phosphoric acid groups is 1. The van der Waals surface area contributed by atoms with Crippen molar-refractivity contribution < 1.29 is 47.5 Å². The van der Waals surface area contributed by atoms with Crippen molar-refractivity contribution in [2.75, 3.05) is 20.8 Å². The molecule has 6 N–H and O–H groups in total. The molecular weight excluding hydrogens is 731 g/mol. The van der Waals surface area contributed by atoms with Crippen molar-refractivity contribution in [2.45, 2.75) is 78.7 Å². The summed E-state index contributed by atoms with van der Waals surface area (Å²) in [5.41, 5.74) is 4.12. The number of rotatable bonds is 16. The lowest BCUT2D eigenvalue weighted by Crippen LogP contribution is -2.61. The van der Waals surface area contributed by atoms with E-state index in [1.54, 1.807) is 84.1 Å². The summed E-state index contributed by atoms with van der Waals surface area (Å²) in [7, 11) is -2.92. The van der Waals surface area contributed by atoms with Crippen LogP contribution in [0.25, 0.3) is 11.3 Å². The second-order valence-corrected chi connectivity index (χ2v) is 16.3. The summed E-state index contributed by atoms with van der Waals surface area (Å²) >= 11 is 0. The van der Waals surface area contributed by atoms with Gasteiger partial charge in [0.1, 0.15) is 18.2 Å². The first kappa shape index (κ1) is 44.5. The molecule has 3 aromatic rings. The van der Waals surface area contributed by atoms with Crippen LogP contribution in [0.15, 0.2) is 79.0 Å². The Kier molecular flexibility index (Phi) is 15.9. The first-order valence-corrected chi connectivity index (χ1v) is 19.1. The molecule has 1 heterocycles. The fourth-order valence-electron chi connectivity index (χ4n) is 5.65. The number of amides is 4. The van der Waals surface area contributed by atoms with Crippen molar-refractivity contribution in [3.63, 3.8) is 0 Å². The molecule has 0 saturated heterocycles. The molecule has 0 saturated carbocycles. The third kappa shape index (κ3) is 14.7. The topological polar surface area (TPSA) is 218 Å². The number of ether oxygens (including phenoxy) is 2. The number of nitrogens with zero attached hydrogens (tertiary/aromatic N) is 2. The fourth-order valence-corrected chi connectivity index (χ4v) is 6.21. The number of hydrogen-bond donors (Lipinski definition) is 6. The van der Waals surface area contributed by atoms with Gasteiger partial charge in [0, 0.05) is 24.8 Å². The summed E-state index contributed by atoms with van der Waals surface area (Å²) in [4.78, 5) is 77.3. The summed E-state index contributed by atoms with van der Waals surface area (Å²) in [6.07, 6.45) is -1.46. The van der Waals surface area contributed by atoms with Crippen molar-refractivity contribution in [2.24, 2.45) is 10.8 Å². The number of aromatic nitrogens is 1. The van der Waals surface area contributed by atoms with Gasteiger partial charge in [-0.2, -0.15) is 0 Å². The molecule has 17 heteroatoms. The number of carbonyl (C=O) groups excluding carboxylic acids is 4. The Bertz CT molecular complexity index is 1760. The Morgan fingerprint density at radius 2 is 1.29 bits per heavy atom. The Labute approximate surface area is 321 Å². The maximum absolute atomic E-state index is 14.0. The Morgan fingerprint density at radius 1 is 0.745 bits per heavy atom. The average molecular weight is 785 g/mol. The molecule has 3 rings (SSSR count). The van der Waals surface area contributed by atoms with Gasteiger partial charge in [-0.1, -0.05) is 102 Å². The van der Waals surface area contributed by atoms with E-state index in [-0.39, 0.29) is 19.5 Å². The van der Waals surface area contributed by atoms with Gasteiger partial charge < -0.3 is 35.2 Å². The highest BCUT2D eigenvalue weighted by atomic mass is 31.2.